The van der Waals surface area contributed by atoms with Gasteiger partial charge in [-0.15, -0.1) is 11.3 Å². The van der Waals surface area contributed by atoms with Gasteiger partial charge in [0, 0.05) is 25.4 Å². The predicted octanol–water partition coefficient (Wildman–Crippen LogP) is 2.50. The Kier molecular flexibility index (Phi) is 4.25. The molecule has 1 aromatic rings. The predicted molar refractivity (Wildman–Crippen MR) is 74.2 cm³/mol. The zero-order chi connectivity index (χ0) is 13.3. The Morgan fingerprint density at radius 1 is 1.50 bits per heavy atom. The molecule has 0 aromatic carbocycles. The van der Waals surface area contributed by atoms with E-state index in [9.17, 15) is 13.2 Å². The molecule has 1 aliphatic heterocycles. The van der Waals surface area contributed by atoms with E-state index in [2.05, 4.69) is 15.9 Å². The van der Waals surface area contributed by atoms with Gasteiger partial charge in [-0.25, -0.2) is 8.42 Å². The molecule has 18 heavy (non-hydrogen) atoms. The van der Waals surface area contributed by atoms with Crippen LogP contribution in [0.2, 0.25) is 0 Å². The number of thiophene rings is 1. The van der Waals surface area contributed by atoms with E-state index < -0.39 is 10.0 Å². The van der Waals surface area contributed by atoms with Crippen molar-refractivity contribution < 1.29 is 13.2 Å². The van der Waals surface area contributed by atoms with Crippen LogP contribution in [0.25, 0.3) is 0 Å². The molecule has 0 amide bonds. The maximum atomic E-state index is 12.4. The van der Waals surface area contributed by atoms with Crippen LogP contribution in [-0.2, 0) is 14.8 Å². The molecule has 2 rings (SSSR count). The smallest absolute Gasteiger partial charge is 0.252 e. The third kappa shape index (κ3) is 2.68. The molecule has 1 saturated heterocycles. The average molecular weight is 352 g/mol. The summed E-state index contributed by atoms with van der Waals surface area (Å²) in [6.45, 7) is 2.53. The fourth-order valence-electron chi connectivity index (χ4n) is 2.02. The summed E-state index contributed by atoms with van der Waals surface area (Å²) in [6.07, 6.45) is 1.02. The molecular formula is C11H14BrNO3S2. The molecule has 0 spiro atoms. The van der Waals surface area contributed by atoms with Crippen molar-refractivity contribution in [2.45, 2.75) is 24.0 Å². The maximum Gasteiger partial charge on any atom is 0.252 e. The minimum absolute atomic E-state index is 0.156. The Balaban J connectivity index is 2.23. The van der Waals surface area contributed by atoms with Gasteiger partial charge < -0.3 is 0 Å². The van der Waals surface area contributed by atoms with Crippen LogP contribution in [0, 0.1) is 5.92 Å². The van der Waals surface area contributed by atoms with Crippen LogP contribution in [0.1, 0.15) is 19.8 Å². The van der Waals surface area contributed by atoms with E-state index in [0.717, 1.165) is 3.79 Å². The van der Waals surface area contributed by atoms with Crippen molar-refractivity contribution in [1.29, 1.82) is 0 Å². The van der Waals surface area contributed by atoms with Gasteiger partial charge >= 0.3 is 0 Å². The first-order valence-electron chi connectivity index (χ1n) is 5.73. The van der Waals surface area contributed by atoms with Gasteiger partial charge in [-0.2, -0.15) is 4.31 Å². The number of hydrogen-bond acceptors (Lipinski definition) is 4. The van der Waals surface area contributed by atoms with Crippen molar-refractivity contribution in [3.8, 4) is 0 Å². The minimum Gasteiger partial charge on any atom is -0.299 e. The lowest BCUT2D eigenvalue weighted by Crippen LogP contribution is -2.43. The highest BCUT2D eigenvalue weighted by Gasteiger charge is 2.34. The maximum absolute atomic E-state index is 12.4. The first kappa shape index (κ1) is 14.2. The number of carbonyl (C=O) groups excluding carboxylic acids is 1. The Bertz CT molecular complexity index is 552. The molecule has 0 N–H and O–H groups in total. The highest BCUT2D eigenvalue weighted by atomic mass is 79.9. The van der Waals surface area contributed by atoms with Gasteiger partial charge in [0.05, 0.1) is 3.79 Å². The second-order valence-electron chi connectivity index (χ2n) is 4.24. The Morgan fingerprint density at radius 2 is 2.22 bits per heavy atom. The summed E-state index contributed by atoms with van der Waals surface area (Å²) in [4.78, 5) is 11.6. The summed E-state index contributed by atoms with van der Waals surface area (Å²) in [5.74, 6) is 0.0215. The van der Waals surface area contributed by atoms with E-state index in [4.69, 9.17) is 0 Å². The fourth-order valence-corrected chi connectivity index (χ4v) is 5.67. The first-order chi connectivity index (χ1) is 8.45. The molecule has 0 saturated carbocycles. The quantitative estimate of drug-likeness (QED) is 0.840. The lowest BCUT2D eigenvalue weighted by Gasteiger charge is -2.29. The van der Waals surface area contributed by atoms with Gasteiger partial charge in [0.25, 0.3) is 10.0 Å². The summed E-state index contributed by atoms with van der Waals surface area (Å²) in [5, 5.41) is 0. The van der Waals surface area contributed by atoms with E-state index in [1.165, 1.54) is 15.6 Å². The third-order valence-corrected chi connectivity index (χ3v) is 7.08. The Labute approximate surface area is 119 Å². The van der Waals surface area contributed by atoms with Gasteiger partial charge in [0.1, 0.15) is 9.99 Å². The van der Waals surface area contributed by atoms with Gasteiger partial charge in [-0.05, 0) is 34.5 Å². The van der Waals surface area contributed by atoms with Crippen LogP contribution in [0.15, 0.2) is 20.1 Å². The molecule has 2 heterocycles. The lowest BCUT2D eigenvalue weighted by atomic mass is 9.96. The van der Waals surface area contributed by atoms with Crippen LogP contribution >= 0.6 is 27.3 Å². The number of nitrogens with zero attached hydrogens (tertiary/aromatic N) is 1. The summed E-state index contributed by atoms with van der Waals surface area (Å²) >= 11 is 4.47. The van der Waals surface area contributed by atoms with Crippen molar-refractivity contribution in [3.63, 3.8) is 0 Å². The van der Waals surface area contributed by atoms with Crippen molar-refractivity contribution in [2.75, 3.05) is 13.1 Å². The molecule has 0 radical (unpaired) electrons. The number of Topliss-reactive ketones (excluding diaryl/α,β-unsaturated/α-hetero) is 1. The molecule has 4 nitrogen and oxygen atoms in total. The number of sulfonamides is 1. The summed E-state index contributed by atoms with van der Waals surface area (Å²) < 4.78 is 27.3. The molecule has 7 heteroatoms. The molecule has 1 atom stereocenters. The number of ketones is 1. The van der Waals surface area contributed by atoms with Gasteiger partial charge in [-0.1, -0.05) is 6.92 Å². The number of piperidine rings is 1. The summed E-state index contributed by atoms with van der Waals surface area (Å²) in [6, 6.07) is 3.32. The van der Waals surface area contributed by atoms with Gasteiger partial charge in [0.15, 0.2) is 0 Å². The monoisotopic (exact) mass is 351 g/mol. The lowest BCUT2D eigenvalue weighted by molar-refractivity contribution is -0.125. The van der Waals surface area contributed by atoms with E-state index in [0.29, 0.717) is 30.1 Å². The van der Waals surface area contributed by atoms with Gasteiger partial charge in [-0.3, -0.25) is 4.79 Å². The summed E-state index contributed by atoms with van der Waals surface area (Å²) in [7, 11) is -3.44. The highest BCUT2D eigenvalue weighted by molar-refractivity contribution is 9.11. The van der Waals surface area contributed by atoms with Crippen molar-refractivity contribution in [2.24, 2.45) is 5.92 Å². The van der Waals surface area contributed by atoms with E-state index >= 15 is 0 Å². The molecule has 1 unspecified atom stereocenters. The molecule has 0 bridgehead atoms. The normalized spacial score (nSPS) is 22.3. The average Bonchev–Trinajstić information content (AvgIpc) is 2.77. The first-order valence-corrected chi connectivity index (χ1v) is 8.78. The Hall–Kier alpha value is -0.240. The van der Waals surface area contributed by atoms with Crippen molar-refractivity contribution in [3.05, 3.63) is 15.9 Å². The molecule has 1 aliphatic rings. The van der Waals surface area contributed by atoms with E-state index in [-0.39, 0.29) is 11.7 Å². The Morgan fingerprint density at radius 3 is 2.78 bits per heavy atom. The molecular weight excluding hydrogens is 338 g/mol. The van der Waals surface area contributed by atoms with Crippen LogP contribution < -0.4 is 0 Å². The molecule has 1 fully saturated rings. The highest BCUT2D eigenvalue weighted by Crippen LogP contribution is 2.30. The van der Waals surface area contributed by atoms with Crippen LogP contribution in [0.3, 0.4) is 0 Å². The van der Waals surface area contributed by atoms with Crippen LogP contribution in [0.4, 0.5) is 0 Å². The number of carbonyl (C=O) groups is 1. The van der Waals surface area contributed by atoms with E-state index in [1.54, 1.807) is 12.1 Å². The summed E-state index contributed by atoms with van der Waals surface area (Å²) in [5.41, 5.74) is 0. The second kappa shape index (κ2) is 5.40. The zero-order valence-corrected chi connectivity index (χ0v) is 13.1. The largest absolute Gasteiger partial charge is 0.299 e. The van der Waals surface area contributed by atoms with Crippen molar-refractivity contribution >= 4 is 43.1 Å². The van der Waals surface area contributed by atoms with Crippen LogP contribution in [0.5, 0.6) is 0 Å². The SMILES string of the molecule is CCC1CN(S(=O)(=O)c2ccc(Br)s2)CCC1=O. The zero-order valence-electron chi connectivity index (χ0n) is 9.93. The standard InChI is InChI=1S/C11H14BrNO3S2/c1-2-8-7-13(6-5-9(8)14)18(15,16)11-4-3-10(12)17-11/h3-4,8H,2,5-7H2,1H3. The third-order valence-electron chi connectivity index (χ3n) is 3.12. The van der Waals surface area contributed by atoms with Crippen molar-refractivity contribution in [1.82, 2.24) is 4.31 Å². The van der Waals surface area contributed by atoms with E-state index in [1.807, 2.05) is 6.92 Å². The number of rotatable bonds is 3. The number of halogens is 1. The topological polar surface area (TPSA) is 54.5 Å². The van der Waals surface area contributed by atoms with Crippen LogP contribution in [-0.4, -0.2) is 31.6 Å². The van der Waals surface area contributed by atoms with Gasteiger partial charge in [0.2, 0.25) is 0 Å². The fraction of sp³-hybridized carbons (Fsp3) is 0.545. The minimum atomic E-state index is -3.44. The molecule has 1 aromatic heterocycles. The number of hydrogen-bond donors (Lipinski definition) is 0. The second-order valence-corrected chi connectivity index (χ2v) is 8.87. The molecule has 100 valence electrons. The molecule has 0 aliphatic carbocycles.